The molecule has 0 rings (SSSR count). The number of carbonyl (C=O) groups is 1. The van der Waals surface area contributed by atoms with Gasteiger partial charge in [0.05, 0.1) is 6.54 Å². The van der Waals surface area contributed by atoms with E-state index < -0.39 is 0 Å². The number of rotatable bonds is 3. The molecule has 2 nitrogen and oxygen atoms in total. The first-order chi connectivity index (χ1) is 3.68. The molecule has 0 atom stereocenters. The topological polar surface area (TPSA) is 29.1 Å². The van der Waals surface area contributed by atoms with Crippen LogP contribution in [-0.2, 0) is 4.79 Å². The lowest BCUT2D eigenvalue weighted by Crippen LogP contribution is -2.22. The van der Waals surface area contributed by atoms with Crippen molar-refractivity contribution < 1.29 is 4.79 Å². The van der Waals surface area contributed by atoms with Crippen LogP contribution in [0.1, 0.15) is 13.8 Å². The maximum Gasteiger partial charge on any atom is 0.149 e. The molecule has 0 aliphatic carbocycles. The Kier molecular flexibility index (Phi) is 3.44. The smallest absolute Gasteiger partial charge is 0.149 e. The van der Waals surface area contributed by atoms with Crippen molar-refractivity contribution in [2.24, 2.45) is 5.92 Å². The van der Waals surface area contributed by atoms with E-state index in [1.807, 2.05) is 13.8 Å². The number of nitrogens with one attached hydrogen (secondary N) is 1. The third-order valence-electron chi connectivity index (χ3n) is 0.995. The molecular weight excluding hydrogens is 102 g/mol. The summed E-state index contributed by atoms with van der Waals surface area (Å²) in [5, 5.41) is 2.80. The summed E-state index contributed by atoms with van der Waals surface area (Å²) in [5.41, 5.74) is 0. The fourth-order valence-electron chi connectivity index (χ4n) is 0.378. The average molecular weight is 115 g/mol. The molecule has 0 unspecified atom stereocenters. The van der Waals surface area contributed by atoms with Crippen molar-refractivity contribution in [3.63, 3.8) is 0 Å². The quantitative estimate of drug-likeness (QED) is 0.578. The summed E-state index contributed by atoms with van der Waals surface area (Å²) in [6, 6.07) is 0. The number of ketones is 1. The van der Waals surface area contributed by atoms with Crippen molar-refractivity contribution in [2.45, 2.75) is 13.8 Å². The molecule has 0 aliphatic rings. The SMILES string of the molecule is CNCC(=O)C(C)C. The molecule has 0 bridgehead atoms. The van der Waals surface area contributed by atoms with Gasteiger partial charge in [-0.2, -0.15) is 0 Å². The van der Waals surface area contributed by atoms with Crippen molar-refractivity contribution in [3.8, 4) is 0 Å². The van der Waals surface area contributed by atoms with Crippen LogP contribution in [0, 0.1) is 5.92 Å². The molecule has 0 saturated heterocycles. The highest BCUT2D eigenvalue weighted by Crippen LogP contribution is 1.90. The van der Waals surface area contributed by atoms with Crippen LogP contribution in [0.15, 0.2) is 0 Å². The van der Waals surface area contributed by atoms with E-state index in [4.69, 9.17) is 0 Å². The summed E-state index contributed by atoms with van der Waals surface area (Å²) >= 11 is 0. The minimum absolute atomic E-state index is 0.169. The Balaban J connectivity index is 3.33. The monoisotopic (exact) mass is 115 g/mol. The van der Waals surface area contributed by atoms with Gasteiger partial charge in [0.2, 0.25) is 0 Å². The van der Waals surface area contributed by atoms with E-state index in [9.17, 15) is 4.79 Å². The van der Waals surface area contributed by atoms with E-state index in [1.165, 1.54) is 0 Å². The van der Waals surface area contributed by atoms with Crippen molar-refractivity contribution in [1.82, 2.24) is 5.32 Å². The van der Waals surface area contributed by atoms with Crippen LogP contribution >= 0.6 is 0 Å². The number of likely N-dealkylation sites (N-methyl/N-ethyl adjacent to an activating group) is 1. The van der Waals surface area contributed by atoms with Crippen LogP contribution < -0.4 is 5.32 Å². The van der Waals surface area contributed by atoms with Gasteiger partial charge in [-0.15, -0.1) is 0 Å². The third-order valence-corrected chi connectivity index (χ3v) is 0.995. The molecule has 0 saturated carbocycles. The van der Waals surface area contributed by atoms with E-state index in [1.54, 1.807) is 7.05 Å². The van der Waals surface area contributed by atoms with Crippen LogP contribution in [0.2, 0.25) is 0 Å². The van der Waals surface area contributed by atoms with Gasteiger partial charge < -0.3 is 5.32 Å². The predicted octanol–water partition coefficient (Wildman–Crippen LogP) is 0.431. The normalized spacial score (nSPS) is 10.0. The summed E-state index contributed by atoms with van der Waals surface area (Å²) in [6.07, 6.45) is 0. The minimum atomic E-state index is 0.169. The van der Waals surface area contributed by atoms with E-state index in [0.29, 0.717) is 6.54 Å². The number of carbonyl (C=O) groups excluding carboxylic acids is 1. The number of hydrogen-bond acceptors (Lipinski definition) is 2. The zero-order chi connectivity index (χ0) is 6.57. The first-order valence-corrected chi connectivity index (χ1v) is 2.85. The second-order valence-electron chi connectivity index (χ2n) is 2.15. The highest BCUT2D eigenvalue weighted by molar-refractivity contribution is 5.82. The molecule has 0 amide bonds. The van der Waals surface area contributed by atoms with Gasteiger partial charge in [-0.1, -0.05) is 13.8 Å². The molecule has 0 radical (unpaired) electrons. The second-order valence-corrected chi connectivity index (χ2v) is 2.15. The van der Waals surface area contributed by atoms with Gasteiger partial charge in [0.25, 0.3) is 0 Å². The standard InChI is InChI=1S/C6H13NO/c1-5(2)6(8)4-7-3/h5,7H,4H2,1-3H3. The van der Waals surface area contributed by atoms with Gasteiger partial charge in [-0.25, -0.2) is 0 Å². The van der Waals surface area contributed by atoms with Crippen LogP contribution in [0.25, 0.3) is 0 Å². The maximum atomic E-state index is 10.7. The lowest BCUT2D eigenvalue weighted by Gasteiger charge is -2.00. The van der Waals surface area contributed by atoms with Crippen LogP contribution in [0.5, 0.6) is 0 Å². The van der Waals surface area contributed by atoms with Gasteiger partial charge in [-0.3, -0.25) is 4.79 Å². The fourth-order valence-corrected chi connectivity index (χ4v) is 0.378. The number of Topliss-reactive ketones (excluding diaryl/α,β-unsaturated/α-hetero) is 1. The lowest BCUT2D eigenvalue weighted by atomic mass is 10.1. The fraction of sp³-hybridized carbons (Fsp3) is 0.833. The van der Waals surface area contributed by atoms with E-state index in [0.717, 1.165) is 0 Å². The molecule has 0 aromatic carbocycles. The Bertz CT molecular complexity index is 78.6. The summed E-state index contributed by atoms with van der Waals surface area (Å²) < 4.78 is 0. The Morgan fingerprint density at radius 3 is 2.25 bits per heavy atom. The summed E-state index contributed by atoms with van der Waals surface area (Å²) in [4.78, 5) is 10.7. The van der Waals surface area contributed by atoms with Crippen LogP contribution in [0.3, 0.4) is 0 Å². The number of hydrogen-bond donors (Lipinski definition) is 1. The molecule has 1 N–H and O–H groups in total. The van der Waals surface area contributed by atoms with E-state index in [2.05, 4.69) is 5.32 Å². The second kappa shape index (κ2) is 3.61. The van der Waals surface area contributed by atoms with Crippen molar-refractivity contribution >= 4 is 5.78 Å². The molecule has 0 aromatic heterocycles. The van der Waals surface area contributed by atoms with Gasteiger partial charge in [0.15, 0.2) is 0 Å². The highest BCUT2D eigenvalue weighted by atomic mass is 16.1. The lowest BCUT2D eigenvalue weighted by molar-refractivity contribution is -0.120. The van der Waals surface area contributed by atoms with Crippen molar-refractivity contribution in [2.75, 3.05) is 13.6 Å². The molecule has 0 spiro atoms. The molecule has 2 heteroatoms. The van der Waals surface area contributed by atoms with Crippen LogP contribution in [-0.4, -0.2) is 19.4 Å². The summed E-state index contributed by atoms with van der Waals surface area (Å²) in [6.45, 7) is 4.30. The average Bonchev–Trinajstić information content (AvgIpc) is 1.67. The predicted molar refractivity (Wildman–Crippen MR) is 33.8 cm³/mol. The van der Waals surface area contributed by atoms with E-state index >= 15 is 0 Å². The molecule has 0 aliphatic heterocycles. The van der Waals surface area contributed by atoms with Crippen molar-refractivity contribution in [1.29, 1.82) is 0 Å². The Hall–Kier alpha value is -0.370. The van der Waals surface area contributed by atoms with Gasteiger partial charge >= 0.3 is 0 Å². The summed E-state index contributed by atoms with van der Waals surface area (Å²) in [7, 11) is 1.78. The van der Waals surface area contributed by atoms with E-state index in [-0.39, 0.29) is 11.7 Å². The Labute approximate surface area is 50.3 Å². The maximum absolute atomic E-state index is 10.7. The largest absolute Gasteiger partial charge is 0.313 e. The molecular formula is C6H13NO. The minimum Gasteiger partial charge on any atom is -0.313 e. The molecule has 0 fully saturated rings. The summed E-state index contributed by atoms with van der Waals surface area (Å²) in [5.74, 6) is 0.440. The van der Waals surface area contributed by atoms with Crippen molar-refractivity contribution in [3.05, 3.63) is 0 Å². The van der Waals surface area contributed by atoms with Gasteiger partial charge in [0.1, 0.15) is 5.78 Å². The molecule has 48 valence electrons. The zero-order valence-electron chi connectivity index (χ0n) is 5.69. The van der Waals surface area contributed by atoms with Gasteiger partial charge in [0, 0.05) is 5.92 Å². The third kappa shape index (κ3) is 2.75. The van der Waals surface area contributed by atoms with Gasteiger partial charge in [-0.05, 0) is 7.05 Å². The Morgan fingerprint density at radius 1 is 1.62 bits per heavy atom. The highest BCUT2D eigenvalue weighted by Gasteiger charge is 2.03. The molecule has 0 heterocycles. The molecule has 0 aromatic rings. The molecule has 8 heavy (non-hydrogen) atoms. The zero-order valence-corrected chi connectivity index (χ0v) is 5.69. The van der Waals surface area contributed by atoms with Crippen LogP contribution in [0.4, 0.5) is 0 Å². The first kappa shape index (κ1) is 7.63. The Morgan fingerprint density at radius 2 is 2.12 bits per heavy atom. The first-order valence-electron chi connectivity index (χ1n) is 2.85.